The number of amides is 2. The van der Waals surface area contributed by atoms with Gasteiger partial charge >= 0.3 is 49.5 Å². The number of aliphatic carboxylic acids is 1. The number of likely N-dealkylation sites (tertiary alicyclic amines) is 2. The van der Waals surface area contributed by atoms with Crippen molar-refractivity contribution in [3.05, 3.63) is 184 Å². The summed E-state index contributed by atoms with van der Waals surface area (Å²) in [6.45, 7) is 15.2. The average Bonchev–Trinajstić information content (AvgIpc) is 0.776. The van der Waals surface area contributed by atoms with Crippen molar-refractivity contribution in [2.24, 2.45) is 11.8 Å². The second-order valence-electron chi connectivity index (χ2n) is 26.7. The first-order chi connectivity index (χ1) is 47.4. The quantitative estimate of drug-likeness (QED) is 0.0341. The van der Waals surface area contributed by atoms with Crippen molar-refractivity contribution >= 4 is 23.6 Å². The summed E-state index contributed by atoms with van der Waals surface area (Å²) >= 11 is 0. The molecule has 2 amide bonds. The molecule has 0 radical (unpaired) electrons. The van der Waals surface area contributed by atoms with Crippen molar-refractivity contribution in [2.45, 2.75) is 156 Å². The zero-order valence-corrected chi connectivity index (χ0v) is 59.1. The van der Waals surface area contributed by atoms with Crippen molar-refractivity contribution in [1.82, 2.24) is 29.6 Å². The predicted molar refractivity (Wildman–Crippen MR) is 352 cm³/mol. The van der Waals surface area contributed by atoms with Crippen LogP contribution in [0.1, 0.15) is 157 Å². The first kappa shape index (κ1) is 89.5. The third kappa shape index (κ3) is 22.8. The number of benzene rings is 4. The molecular formula is C72H81F16LiN6O10. The summed E-state index contributed by atoms with van der Waals surface area (Å²) in [7, 11) is 1.18. The molecule has 0 aliphatic carbocycles. The van der Waals surface area contributed by atoms with E-state index in [1.807, 2.05) is 9.80 Å². The van der Waals surface area contributed by atoms with E-state index < -0.39 is 160 Å². The molecule has 105 heavy (non-hydrogen) atoms. The molecule has 572 valence electrons. The minimum Gasteiger partial charge on any atom is -0.870 e. The molecule has 4 heterocycles. The number of Topliss-reactive ketones (excluding diaryl/α,β-unsaturated/α-hetero) is 1. The van der Waals surface area contributed by atoms with Crippen LogP contribution in [-0.4, -0.2) is 112 Å². The Bertz CT molecular complexity index is 4160. The molecule has 0 bridgehead atoms. The minimum atomic E-state index is -5.27. The van der Waals surface area contributed by atoms with Gasteiger partial charge in [0.25, 0.3) is 11.1 Å². The number of halogens is 16. The number of nitrogens with one attached hydrogen (secondary N) is 2. The van der Waals surface area contributed by atoms with Crippen LogP contribution in [0.15, 0.2) is 82.6 Å². The molecule has 8 rings (SSSR count). The molecule has 2 aliphatic heterocycles. The van der Waals surface area contributed by atoms with Crippen LogP contribution in [0.3, 0.4) is 0 Å². The molecule has 33 heteroatoms. The molecule has 0 spiro atoms. The Morgan fingerprint density at radius 2 is 0.838 bits per heavy atom. The third-order valence-electron chi connectivity index (χ3n) is 17.8. The second kappa shape index (κ2) is 36.6. The van der Waals surface area contributed by atoms with Gasteiger partial charge in [-0.3, -0.25) is 28.8 Å². The number of aromatic nitrogens is 2. The Kier molecular flexibility index (Phi) is 31.2. The van der Waals surface area contributed by atoms with Gasteiger partial charge in [-0.25, -0.2) is 17.6 Å². The van der Waals surface area contributed by atoms with E-state index in [1.54, 1.807) is 27.7 Å². The van der Waals surface area contributed by atoms with Gasteiger partial charge in [0.05, 0.1) is 40.8 Å². The number of aryl methyl sites for hydroxylation is 4. The number of hydrogen-bond donors (Lipinski definition) is 3. The van der Waals surface area contributed by atoms with Crippen LogP contribution in [0.25, 0.3) is 22.3 Å². The number of carboxylic acids is 1. The van der Waals surface area contributed by atoms with E-state index in [0.29, 0.717) is 50.4 Å². The van der Waals surface area contributed by atoms with Crippen molar-refractivity contribution < 1.29 is 129 Å². The number of pyridine rings is 2. The summed E-state index contributed by atoms with van der Waals surface area (Å²) in [5.74, 6) is -10.1. The van der Waals surface area contributed by atoms with Gasteiger partial charge in [-0.15, -0.1) is 0 Å². The number of carboxylic acid groups (broad SMARTS) is 1. The number of rotatable bonds is 26. The van der Waals surface area contributed by atoms with E-state index in [-0.39, 0.29) is 136 Å². The zero-order chi connectivity index (χ0) is 76.0. The Balaban J connectivity index is 0.000000432. The molecule has 6 aromatic rings. The molecule has 2 unspecified atom stereocenters. The van der Waals surface area contributed by atoms with Crippen molar-refractivity contribution in [3.8, 4) is 22.3 Å². The second-order valence-corrected chi connectivity index (χ2v) is 26.7. The zero-order valence-electron chi connectivity index (χ0n) is 59.1. The molecule has 2 fully saturated rings. The smallest absolute Gasteiger partial charge is 0.870 e. The van der Waals surface area contributed by atoms with E-state index in [4.69, 9.17) is 4.74 Å². The van der Waals surface area contributed by atoms with Gasteiger partial charge in [0.15, 0.2) is 5.78 Å². The standard InChI is InChI=1S/C37H41F8N3O4.C35H37F8N3O4.Li.2H2O/c1-20(2)11-31(48-18-23(7-10-47-8-6-9-47)28(17-32(48)50)36(40,41)42)35(51)46-30(16-26(49)19-52-5)27-14-24(15-29(34(27)39)37(43,44)45)33-21(3)12-25(38)13-22(33)4;1-18(2)10-28(46-17-21(6-9-45-7-5-8-45)25(15-29(46)47)34(38,39)40)33(50)44-27(16-30(48)49)24-13-22(14-26(32(24)37)35(41,42)43)31-19(3)11-23(36)12-20(31)4;;;/h12-15,17-18,20,30-31H,6-11,16,19H2,1-5H3,(H,46,51);11-15,17-18,27-28H,5-10,16H2,1-4H3,(H,44,50)(H,48,49);;2*1H2/q;;+1;;/p-1/t30-,31?;27-,28?;;;/m00.../s1. The number of nitrogens with zero attached hydrogens (tertiary/aromatic N) is 4. The maximum absolute atomic E-state index is 16.0. The van der Waals surface area contributed by atoms with Crippen molar-refractivity contribution in [1.29, 1.82) is 0 Å². The topological polar surface area (TPSA) is 234 Å². The molecule has 2 saturated heterocycles. The van der Waals surface area contributed by atoms with Gasteiger partial charge in [0.1, 0.15) is 42.0 Å². The van der Waals surface area contributed by atoms with Gasteiger partial charge < -0.3 is 50.4 Å². The predicted octanol–water partition coefficient (Wildman–Crippen LogP) is 11.4. The summed E-state index contributed by atoms with van der Waals surface area (Å²) in [6, 6.07) is 1.46. The number of hydrogen-bond acceptors (Lipinski definition) is 10. The van der Waals surface area contributed by atoms with Crippen LogP contribution in [-0.2, 0) is 61.5 Å². The van der Waals surface area contributed by atoms with Gasteiger partial charge in [-0.1, -0.05) is 27.7 Å². The van der Waals surface area contributed by atoms with E-state index >= 15 is 8.78 Å². The maximum atomic E-state index is 16.0. The van der Waals surface area contributed by atoms with E-state index in [2.05, 4.69) is 10.6 Å². The fourth-order valence-corrected chi connectivity index (χ4v) is 12.8. The fourth-order valence-electron chi connectivity index (χ4n) is 12.8. The van der Waals surface area contributed by atoms with Crippen LogP contribution < -0.4 is 40.6 Å². The Hall–Kier alpha value is -7.86. The van der Waals surface area contributed by atoms with Gasteiger partial charge in [0.2, 0.25) is 11.8 Å². The molecule has 4 aromatic carbocycles. The molecule has 4 atom stereocenters. The van der Waals surface area contributed by atoms with E-state index in [1.165, 1.54) is 34.8 Å². The van der Waals surface area contributed by atoms with Gasteiger partial charge in [0, 0.05) is 62.3 Å². The van der Waals surface area contributed by atoms with Crippen LogP contribution in [0.4, 0.5) is 70.2 Å². The average molecular weight is 1500 g/mol. The molecule has 0 saturated carbocycles. The van der Waals surface area contributed by atoms with Crippen molar-refractivity contribution in [3.63, 3.8) is 0 Å². The summed E-state index contributed by atoms with van der Waals surface area (Å²) in [4.78, 5) is 83.2. The third-order valence-corrected chi connectivity index (χ3v) is 17.8. The largest absolute Gasteiger partial charge is 1.00 e. The molecular weight excluding hydrogens is 1420 g/mol. The Morgan fingerprint density at radius 3 is 1.11 bits per heavy atom. The molecule has 2 aliphatic rings. The first-order valence-corrected chi connectivity index (χ1v) is 32.7. The monoisotopic (exact) mass is 1500 g/mol. The molecule has 2 aromatic heterocycles. The number of methoxy groups -OCH3 is 1. The Labute approximate surface area is 606 Å². The number of carbonyl (C=O) groups is 4. The van der Waals surface area contributed by atoms with E-state index in [9.17, 15) is 95.3 Å². The van der Waals surface area contributed by atoms with Crippen molar-refractivity contribution in [2.75, 3.05) is 53.0 Å². The van der Waals surface area contributed by atoms with Crippen LogP contribution in [0.5, 0.6) is 0 Å². The molecule has 16 nitrogen and oxygen atoms in total. The Morgan fingerprint density at radius 1 is 0.514 bits per heavy atom. The number of alkyl halides is 12. The number of carbonyl (C=O) groups excluding carboxylic acids is 3. The summed E-state index contributed by atoms with van der Waals surface area (Å²) in [6.07, 6.45) is -18.8. The van der Waals surface area contributed by atoms with Gasteiger partial charge in [-0.05, 0) is 208 Å². The van der Waals surface area contributed by atoms with Gasteiger partial charge in [-0.2, -0.15) is 52.7 Å². The molecule has 6 N–H and O–H groups in total. The normalized spacial score (nSPS) is 14.7. The van der Waals surface area contributed by atoms with Crippen LogP contribution in [0.2, 0.25) is 0 Å². The summed E-state index contributed by atoms with van der Waals surface area (Å²) < 4.78 is 236. The maximum Gasteiger partial charge on any atom is 1.00 e. The number of ether oxygens (including phenoxy) is 1. The van der Waals surface area contributed by atoms with E-state index in [0.717, 1.165) is 70.8 Å². The fraction of sp³-hybridized carbons (Fsp3) is 0.472. The summed E-state index contributed by atoms with van der Waals surface area (Å²) in [5, 5.41) is 14.4. The minimum absolute atomic E-state index is 0. The summed E-state index contributed by atoms with van der Waals surface area (Å²) in [5.41, 5.74) is -9.38. The van der Waals surface area contributed by atoms with Crippen LogP contribution in [0, 0.1) is 62.8 Å². The van der Waals surface area contributed by atoms with Crippen LogP contribution >= 0.6 is 0 Å². The number of ketones is 1. The first-order valence-electron chi connectivity index (χ1n) is 32.7. The SMILES string of the molecule is COCC(=O)C[C@H](NC(=O)C(CC(C)C)n1cc(CCN2CCC2)c(C(F)(F)F)cc1=O)c1cc(-c2c(C)cc(F)cc2C)cc(C(F)(F)F)c1F.Cc1cc(F)cc(C)c1-c1cc([C@H](CC(=O)O)NC(=O)C(CC(C)C)n2cc(CCN3CCC3)c(C(F)(F)F)cc2=O)c(F)c(C(F)(F)F)c1.O.[Li+].[OH-].